The molecule has 0 bridgehead atoms. The van der Waals surface area contributed by atoms with Crippen LogP contribution in [-0.2, 0) is 16.6 Å². The topological polar surface area (TPSA) is 83.2 Å². The Kier molecular flexibility index (Phi) is 4.64. The zero-order valence-corrected chi connectivity index (χ0v) is 11.1. The number of nitriles is 1. The monoisotopic (exact) mass is 269 g/mol. The Balaban J connectivity index is 3.09. The van der Waals surface area contributed by atoms with Gasteiger partial charge in [-0.2, -0.15) is 5.26 Å². The molecule has 0 atom stereocenters. The van der Waals surface area contributed by atoms with E-state index in [0.717, 1.165) is 4.31 Å². The number of aryl methyl sites for hydroxylation is 1. The third-order valence-electron chi connectivity index (χ3n) is 2.42. The molecular weight excluding hydrogens is 254 g/mol. The molecule has 0 unspecified atom stereocenters. The minimum atomic E-state index is -3.54. The van der Waals surface area contributed by atoms with E-state index in [1.165, 1.54) is 37.0 Å². The SMILES string of the molecule is CN(C)S(=O)(=O)c1ccc(=O)n(CCCC#N)c1. The van der Waals surface area contributed by atoms with Crippen LogP contribution in [0.1, 0.15) is 12.8 Å². The molecule has 1 heterocycles. The van der Waals surface area contributed by atoms with Crippen molar-refractivity contribution in [3.63, 3.8) is 0 Å². The van der Waals surface area contributed by atoms with Gasteiger partial charge >= 0.3 is 0 Å². The second kappa shape index (κ2) is 5.80. The second-order valence-electron chi connectivity index (χ2n) is 3.95. The highest BCUT2D eigenvalue weighted by Gasteiger charge is 2.17. The molecule has 6 nitrogen and oxygen atoms in total. The maximum absolute atomic E-state index is 11.9. The first kappa shape index (κ1) is 14.4. The summed E-state index contributed by atoms with van der Waals surface area (Å²) >= 11 is 0. The molecule has 7 heteroatoms. The highest BCUT2D eigenvalue weighted by Crippen LogP contribution is 2.10. The lowest BCUT2D eigenvalue weighted by Crippen LogP contribution is -2.26. The molecule has 0 saturated carbocycles. The highest BCUT2D eigenvalue weighted by molar-refractivity contribution is 7.89. The molecule has 1 aromatic rings. The second-order valence-corrected chi connectivity index (χ2v) is 6.10. The fraction of sp³-hybridized carbons (Fsp3) is 0.455. The summed E-state index contributed by atoms with van der Waals surface area (Å²) in [6.07, 6.45) is 2.16. The van der Waals surface area contributed by atoms with Crippen LogP contribution in [0.2, 0.25) is 0 Å². The summed E-state index contributed by atoms with van der Waals surface area (Å²) in [6.45, 7) is 0.336. The Morgan fingerprint density at radius 2 is 2.06 bits per heavy atom. The first-order valence-corrected chi connectivity index (χ1v) is 6.83. The van der Waals surface area contributed by atoms with Gasteiger partial charge in [-0.05, 0) is 12.5 Å². The van der Waals surface area contributed by atoms with E-state index in [-0.39, 0.29) is 10.5 Å². The van der Waals surface area contributed by atoms with Crippen LogP contribution in [0.15, 0.2) is 28.0 Å². The van der Waals surface area contributed by atoms with Crippen LogP contribution in [-0.4, -0.2) is 31.4 Å². The molecule has 0 aliphatic heterocycles. The van der Waals surface area contributed by atoms with E-state index in [1.54, 1.807) is 0 Å². The minimum Gasteiger partial charge on any atom is -0.314 e. The molecule has 0 spiro atoms. The quantitative estimate of drug-likeness (QED) is 0.724. The van der Waals surface area contributed by atoms with Crippen molar-refractivity contribution in [3.05, 3.63) is 28.7 Å². The van der Waals surface area contributed by atoms with Crippen LogP contribution in [0.3, 0.4) is 0 Å². The Hall–Kier alpha value is -1.65. The Labute approximate surface area is 106 Å². The molecule has 1 rings (SSSR count). The fourth-order valence-electron chi connectivity index (χ4n) is 1.38. The minimum absolute atomic E-state index is 0.0732. The number of pyridine rings is 1. The molecule has 98 valence electrons. The van der Waals surface area contributed by atoms with Crippen LogP contribution in [0.5, 0.6) is 0 Å². The van der Waals surface area contributed by atoms with Gasteiger partial charge in [-0.3, -0.25) is 4.79 Å². The molecule has 0 aromatic carbocycles. The molecule has 18 heavy (non-hydrogen) atoms. The van der Waals surface area contributed by atoms with Gasteiger partial charge in [0.05, 0.1) is 11.0 Å². The maximum Gasteiger partial charge on any atom is 0.250 e. The molecule has 0 aliphatic rings. The Morgan fingerprint density at radius 1 is 1.39 bits per heavy atom. The van der Waals surface area contributed by atoms with Gasteiger partial charge < -0.3 is 4.57 Å². The van der Waals surface area contributed by atoms with Crippen molar-refractivity contribution in [2.75, 3.05) is 14.1 Å². The number of hydrogen-bond acceptors (Lipinski definition) is 4. The smallest absolute Gasteiger partial charge is 0.250 e. The molecule has 0 aliphatic carbocycles. The average molecular weight is 269 g/mol. The lowest BCUT2D eigenvalue weighted by atomic mass is 10.3. The number of aromatic nitrogens is 1. The third kappa shape index (κ3) is 3.18. The van der Waals surface area contributed by atoms with Gasteiger partial charge in [-0.15, -0.1) is 0 Å². The van der Waals surface area contributed by atoms with Crippen LogP contribution in [0, 0.1) is 11.3 Å². The van der Waals surface area contributed by atoms with Gasteiger partial charge in [0.15, 0.2) is 0 Å². The molecule has 0 amide bonds. The Morgan fingerprint density at radius 3 is 2.61 bits per heavy atom. The molecule has 0 saturated heterocycles. The number of rotatable bonds is 5. The van der Waals surface area contributed by atoms with Crippen molar-refractivity contribution in [2.45, 2.75) is 24.3 Å². The van der Waals surface area contributed by atoms with Crippen molar-refractivity contribution in [2.24, 2.45) is 0 Å². The summed E-state index contributed by atoms with van der Waals surface area (Å²) < 4.78 is 26.2. The number of sulfonamides is 1. The van der Waals surface area contributed by atoms with E-state index < -0.39 is 10.0 Å². The first-order valence-electron chi connectivity index (χ1n) is 5.39. The maximum atomic E-state index is 11.9. The van der Waals surface area contributed by atoms with Crippen LogP contribution in [0.4, 0.5) is 0 Å². The van der Waals surface area contributed by atoms with Crippen LogP contribution < -0.4 is 5.56 Å². The molecule has 0 radical (unpaired) electrons. The standard InChI is InChI=1S/C11H15N3O3S/c1-13(2)18(16,17)10-5-6-11(15)14(9-10)8-4-3-7-12/h5-6,9H,3-4,8H2,1-2H3. The number of nitrogens with zero attached hydrogens (tertiary/aromatic N) is 3. The summed E-state index contributed by atoms with van der Waals surface area (Å²) in [7, 11) is -0.676. The lowest BCUT2D eigenvalue weighted by molar-refractivity contribution is 0.518. The highest BCUT2D eigenvalue weighted by atomic mass is 32.2. The van der Waals surface area contributed by atoms with Crippen molar-refractivity contribution >= 4 is 10.0 Å². The first-order chi connectivity index (χ1) is 8.39. The normalized spacial score (nSPS) is 11.4. The van der Waals surface area contributed by atoms with Gasteiger partial charge in [0.1, 0.15) is 0 Å². The summed E-state index contributed by atoms with van der Waals surface area (Å²) in [4.78, 5) is 11.6. The average Bonchev–Trinajstić information content (AvgIpc) is 2.31. The molecule has 0 N–H and O–H groups in total. The van der Waals surface area contributed by atoms with Gasteiger partial charge in [-0.1, -0.05) is 0 Å². The van der Waals surface area contributed by atoms with E-state index in [1.807, 2.05) is 6.07 Å². The predicted octanol–water partition coefficient (Wildman–Crippen LogP) is 0.402. The van der Waals surface area contributed by atoms with Gasteiger partial charge in [0, 0.05) is 39.3 Å². The molecule has 0 fully saturated rings. The fourth-order valence-corrected chi connectivity index (χ4v) is 2.30. The number of hydrogen-bond donors (Lipinski definition) is 0. The van der Waals surface area contributed by atoms with E-state index in [9.17, 15) is 13.2 Å². The summed E-state index contributed by atoms with van der Waals surface area (Å²) in [5.74, 6) is 0. The zero-order valence-electron chi connectivity index (χ0n) is 10.3. The third-order valence-corrected chi connectivity index (χ3v) is 4.22. The van der Waals surface area contributed by atoms with E-state index in [2.05, 4.69) is 0 Å². The number of unbranched alkanes of at least 4 members (excludes halogenated alkanes) is 1. The van der Waals surface area contributed by atoms with Gasteiger partial charge in [0.2, 0.25) is 10.0 Å². The molecular formula is C11H15N3O3S. The predicted molar refractivity (Wildman–Crippen MR) is 66.4 cm³/mol. The van der Waals surface area contributed by atoms with E-state index >= 15 is 0 Å². The summed E-state index contributed by atoms with van der Waals surface area (Å²) in [5.41, 5.74) is -0.273. The van der Waals surface area contributed by atoms with Gasteiger partial charge in [-0.25, -0.2) is 12.7 Å². The van der Waals surface area contributed by atoms with E-state index in [4.69, 9.17) is 5.26 Å². The summed E-state index contributed by atoms with van der Waals surface area (Å²) in [5, 5.41) is 8.43. The van der Waals surface area contributed by atoms with Gasteiger partial charge in [0.25, 0.3) is 5.56 Å². The largest absolute Gasteiger partial charge is 0.314 e. The van der Waals surface area contributed by atoms with Crippen molar-refractivity contribution in [1.29, 1.82) is 5.26 Å². The van der Waals surface area contributed by atoms with Crippen molar-refractivity contribution in [3.8, 4) is 6.07 Å². The molecule has 1 aromatic heterocycles. The van der Waals surface area contributed by atoms with Crippen molar-refractivity contribution in [1.82, 2.24) is 8.87 Å². The summed E-state index contributed by atoms with van der Waals surface area (Å²) in [6, 6.07) is 4.49. The zero-order chi connectivity index (χ0) is 13.8. The van der Waals surface area contributed by atoms with Crippen LogP contribution >= 0.6 is 0 Å². The van der Waals surface area contributed by atoms with E-state index in [0.29, 0.717) is 19.4 Å². The Bertz CT molecular complexity index is 611. The van der Waals surface area contributed by atoms with Crippen LogP contribution in [0.25, 0.3) is 0 Å². The lowest BCUT2D eigenvalue weighted by Gasteiger charge is -2.12. The van der Waals surface area contributed by atoms with Crippen molar-refractivity contribution < 1.29 is 8.42 Å².